The highest BCUT2D eigenvalue weighted by molar-refractivity contribution is 7.46. The molecule has 200 valence electrons. The van der Waals surface area contributed by atoms with Gasteiger partial charge in [-0.05, 0) is 6.92 Å². The Balaban J connectivity index is 2.12. The summed E-state index contributed by atoms with van der Waals surface area (Å²) in [6.45, 7) is 0.354. The lowest BCUT2D eigenvalue weighted by Gasteiger charge is -2.21. The maximum atomic E-state index is 13.0. The van der Waals surface area contributed by atoms with Gasteiger partial charge in [-0.15, -0.1) is 0 Å². The number of fused-ring (bicyclic) bond motifs is 1. The molecule has 0 aliphatic carbocycles. The van der Waals surface area contributed by atoms with Crippen molar-refractivity contribution in [2.75, 3.05) is 26.9 Å². The van der Waals surface area contributed by atoms with E-state index in [1.807, 2.05) is 0 Å². The Hall–Kier alpha value is -2.41. The average molecular weight is 597 g/mol. The number of pyridine rings is 2. The second-order valence-corrected chi connectivity index (χ2v) is 9.89. The van der Waals surface area contributed by atoms with Crippen LogP contribution in [0.4, 0.5) is 0 Å². The number of phosphoric acid groups is 1. The summed E-state index contributed by atoms with van der Waals surface area (Å²) in [5, 5.41) is 12.0. The van der Waals surface area contributed by atoms with Crippen molar-refractivity contribution < 1.29 is 38.3 Å². The third-order valence-electron chi connectivity index (χ3n) is 4.92. The highest BCUT2D eigenvalue weighted by Gasteiger charge is 2.25. The molecule has 3 rings (SSSR count). The fourth-order valence-electron chi connectivity index (χ4n) is 3.41. The average Bonchev–Trinajstić information content (AvgIpc) is 2.81. The van der Waals surface area contributed by atoms with Gasteiger partial charge < -0.3 is 34.3 Å². The molecule has 37 heavy (non-hydrogen) atoms. The second kappa shape index (κ2) is 12.0. The summed E-state index contributed by atoms with van der Waals surface area (Å²) in [5.74, 6) is -0.685. The van der Waals surface area contributed by atoms with E-state index in [0.717, 1.165) is 0 Å². The minimum absolute atomic E-state index is 0.0469. The maximum Gasteiger partial charge on any atom is 0.469 e. The number of benzene rings is 1. The highest BCUT2D eigenvalue weighted by atomic mass is 35.5. The van der Waals surface area contributed by atoms with Crippen LogP contribution in [0.15, 0.2) is 29.2 Å². The van der Waals surface area contributed by atoms with Crippen LogP contribution in [0.2, 0.25) is 15.1 Å². The minimum Gasteiger partial charge on any atom is -0.491 e. The van der Waals surface area contributed by atoms with Crippen LogP contribution in [0, 0.1) is 6.92 Å². The van der Waals surface area contributed by atoms with Gasteiger partial charge in [-0.1, -0.05) is 34.8 Å². The lowest BCUT2D eigenvalue weighted by atomic mass is 10.1. The van der Waals surface area contributed by atoms with Crippen molar-refractivity contribution in [1.29, 1.82) is 0 Å². The summed E-state index contributed by atoms with van der Waals surface area (Å²) >= 11 is 19.5. The van der Waals surface area contributed by atoms with E-state index in [-0.39, 0.29) is 56.5 Å². The van der Waals surface area contributed by atoms with Gasteiger partial charge >= 0.3 is 7.82 Å². The second-order valence-electron chi connectivity index (χ2n) is 7.43. The molecule has 2 aromatic heterocycles. The number of nitrogens with one attached hydrogen (secondary N) is 1. The van der Waals surface area contributed by atoms with E-state index < -0.39 is 31.9 Å². The molecule has 0 aliphatic rings. The zero-order valence-corrected chi connectivity index (χ0v) is 22.4. The molecule has 3 aromatic rings. The largest absolute Gasteiger partial charge is 0.491 e. The molecule has 0 saturated carbocycles. The fourth-order valence-corrected chi connectivity index (χ4v) is 4.58. The number of nitrogens with zero attached hydrogens (tertiary/aromatic N) is 2. The Kier molecular flexibility index (Phi) is 9.43. The fraction of sp³-hybridized carbons (Fsp3) is 0.286. The molecule has 0 aliphatic heterocycles. The van der Waals surface area contributed by atoms with Gasteiger partial charge in [0.15, 0.2) is 5.43 Å². The Morgan fingerprint density at radius 1 is 1.16 bits per heavy atom. The zero-order valence-electron chi connectivity index (χ0n) is 19.3. The van der Waals surface area contributed by atoms with Crippen molar-refractivity contribution in [2.24, 2.45) is 0 Å². The SMILES string of the molecule is CNC(=O)C(CO)Oc1ncc(Cl)c2c1c(=O)cc(C)n2-c1c(Cl)cc(OCCOP(=O)(O)O)cc1Cl. The summed E-state index contributed by atoms with van der Waals surface area (Å²) in [5.41, 5.74) is 0.250. The predicted molar refractivity (Wildman–Crippen MR) is 136 cm³/mol. The summed E-state index contributed by atoms with van der Waals surface area (Å²) in [4.78, 5) is 46.6. The topological polar surface area (TPSA) is 169 Å². The van der Waals surface area contributed by atoms with E-state index >= 15 is 0 Å². The Bertz CT molecular complexity index is 1420. The Morgan fingerprint density at radius 2 is 1.81 bits per heavy atom. The molecule has 1 unspecified atom stereocenters. The quantitative estimate of drug-likeness (QED) is 0.202. The van der Waals surface area contributed by atoms with Gasteiger partial charge in [0.2, 0.25) is 12.0 Å². The number of phosphoric ester groups is 1. The smallest absolute Gasteiger partial charge is 0.469 e. The molecular formula is C21H21Cl3N3O9P. The zero-order chi connectivity index (χ0) is 27.5. The van der Waals surface area contributed by atoms with E-state index in [0.29, 0.717) is 5.69 Å². The lowest BCUT2D eigenvalue weighted by molar-refractivity contribution is -0.129. The number of aryl methyl sites for hydroxylation is 1. The van der Waals surface area contributed by atoms with Crippen LogP contribution >= 0.6 is 42.6 Å². The maximum absolute atomic E-state index is 13.0. The number of carbonyl (C=O) groups excluding carboxylic acids is 1. The van der Waals surface area contributed by atoms with Gasteiger partial charge in [0.1, 0.15) is 17.7 Å². The van der Waals surface area contributed by atoms with Crippen molar-refractivity contribution >= 4 is 59.4 Å². The minimum atomic E-state index is -4.64. The van der Waals surface area contributed by atoms with Crippen LogP contribution < -0.4 is 20.2 Å². The van der Waals surface area contributed by atoms with Crippen molar-refractivity contribution in [3.05, 3.63) is 55.4 Å². The van der Waals surface area contributed by atoms with Crippen molar-refractivity contribution in [2.45, 2.75) is 13.0 Å². The first kappa shape index (κ1) is 29.2. The molecular weight excluding hydrogens is 576 g/mol. The summed E-state index contributed by atoms with van der Waals surface area (Å²) in [7, 11) is -3.28. The number of hydrogen-bond acceptors (Lipinski definition) is 8. The molecule has 0 saturated heterocycles. The number of likely N-dealkylation sites (N-methyl/N-ethyl adjacent to an activating group) is 1. The Labute approximate surface area is 224 Å². The van der Waals surface area contributed by atoms with Crippen LogP contribution in [0.25, 0.3) is 16.6 Å². The predicted octanol–water partition coefficient (Wildman–Crippen LogP) is 2.63. The van der Waals surface area contributed by atoms with E-state index in [1.54, 1.807) is 6.92 Å². The number of aliphatic hydroxyl groups excluding tert-OH is 1. The summed E-state index contributed by atoms with van der Waals surface area (Å²) < 4.78 is 27.6. The van der Waals surface area contributed by atoms with Crippen molar-refractivity contribution in [3.8, 4) is 17.3 Å². The van der Waals surface area contributed by atoms with Gasteiger partial charge in [0.25, 0.3) is 5.91 Å². The molecule has 16 heteroatoms. The third kappa shape index (κ3) is 6.73. The standard InChI is InChI=1S/C21H21Cl3N3O9P/c1-10-5-15(29)17-19(14(24)8-26-21(17)36-16(9-28)20(30)25-2)27(10)18-12(22)6-11(7-13(18)23)34-3-4-35-37(31,32)33/h5-8,16,28H,3-4,9H2,1-2H3,(H,25,30)(H2,31,32,33). The van der Waals surface area contributed by atoms with Gasteiger partial charge in [0.05, 0.1) is 45.7 Å². The normalized spacial score (nSPS) is 12.4. The molecule has 1 aromatic carbocycles. The summed E-state index contributed by atoms with van der Waals surface area (Å²) in [6.07, 6.45) is -0.123. The molecule has 0 spiro atoms. The number of carbonyl (C=O) groups is 1. The lowest BCUT2D eigenvalue weighted by Crippen LogP contribution is -2.39. The first-order chi connectivity index (χ1) is 17.4. The van der Waals surface area contributed by atoms with Crippen molar-refractivity contribution in [3.63, 3.8) is 0 Å². The van der Waals surface area contributed by atoms with Gasteiger partial charge in [0, 0.05) is 30.9 Å². The molecule has 12 nitrogen and oxygen atoms in total. The first-order valence-corrected chi connectivity index (χ1v) is 13.1. The van der Waals surface area contributed by atoms with Crippen molar-refractivity contribution in [1.82, 2.24) is 14.9 Å². The van der Waals surface area contributed by atoms with Gasteiger partial charge in [-0.2, -0.15) is 0 Å². The van der Waals surface area contributed by atoms with Crippen LogP contribution in [-0.2, 0) is 13.9 Å². The number of halogens is 3. The first-order valence-electron chi connectivity index (χ1n) is 10.4. The monoisotopic (exact) mass is 595 g/mol. The molecule has 1 amide bonds. The number of hydrogen-bond donors (Lipinski definition) is 4. The number of ether oxygens (including phenoxy) is 2. The highest BCUT2D eigenvalue weighted by Crippen LogP contribution is 2.39. The number of amides is 1. The summed E-state index contributed by atoms with van der Waals surface area (Å²) in [6, 6.07) is 4.09. The molecule has 0 radical (unpaired) electrons. The third-order valence-corrected chi connectivity index (χ3v) is 6.29. The van der Waals surface area contributed by atoms with Gasteiger partial charge in [-0.3, -0.25) is 14.1 Å². The van der Waals surface area contributed by atoms with E-state index in [9.17, 15) is 19.3 Å². The van der Waals surface area contributed by atoms with E-state index in [2.05, 4.69) is 14.8 Å². The molecule has 2 heterocycles. The van der Waals surface area contributed by atoms with Crippen LogP contribution in [0.1, 0.15) is 5.69 Å². The van der Waals surface area contributed by atoms with Crippen LogP contribution in [0.5, 0.6) is 11.6 Å². The van der Waals surface area contributed by atoms with Gasteiger partial charge in [-0.25, -0.2) is 9.55 Å². The number of aliphatic hydroxyl groups is 1. The Morgan fingerprint density at radius 3 is 2.38 bits per heavy atom. The molecule has 1 atom stereocenters. The molecule has 4 N–H and O–H groups in total. The van der Waals surface area contributed by atoms with E-state index in [1.165, 1.54) is 36.0 Å². The molecule has 0 fully saturated rings. The van der Waals surface area contributed by atoms with E-state index in [4.69, 9.17) is 54.1 Å². The number of aromatic nitrogens is 2. The molecule has 0 bridgehead atoms. The number of rotatable bonds is 10. The van der Waals surface area contributed by atoms with Crippen LogP contribution in [-0.4, -0.2) is 63.3 Å². The van der Waals surface area contributed by atoms with Crippen LogP contribution in [0.3, 0.4) is 0 Å².